The molecular formula is C19H20O6. The van der Waals surface area contributed by atoms with Crippen molar-refractivity contribution in [3.8, 4) is 17.2 Å². The molecule has 6 heteroatoms. The molecule has 0 bridgehead atoms. The van der Waals surface area contributed by atoms with Crippen LogP contribution in [0.15, 0.2) is 42.5 Å². The van der Waals surface area contributed by atoms with Gasteiger partial charge < -0.3 is 24.4 Å². The lowest BCUT2D eigenvalue weighted by Gasteiger charge is -2.22. The fourth-order valence-corrected chi connectivity index (χ4v) is 2.62. The molecule has 132 valence electrons. The van der Waals surface area contributed by atoms with Crippen LogP contribution < -0.4 is 4.74 Å². The van der Waals surface area contributed by atoms with Crippen LogP contribution in [-0.2, 0) is 16.1 Å². The van der Waals surface area contributed by atoms with Crippen LogP contribution >= 0.6 is 0 Å². The topological polar surface area (TPSA) is 85.2 Å². The van der Waals surface area contributed by atoms with E-state index < -0.39 is 5.97 Å². The average molecular weight is 344 g/mol. The van der Waals surface area contributed by atoms with Crippen LogP contribution in [0.3, 0.4) is 0 Å². The summed E-state index contributed by atoms with van der Waals surface area (Å²) in [7, 11) is 0. The lowest BCUT2D eigenvalue weighted by atomic mass is 10.1. The highest BCUT2D eigenvalue weighted by Crippen LogP contribution is 2.37. The molecule has 0 spiro atoms. The van der Waals surface area contributed by atoms with E-state index in [1.807, 2.05) is 30.3 Å². The molecule has 0 radical (unpaired) electrons. The number of hydrogen-bond donors (Lipinski definition) is 2. The Kier molecular flexibility index (Phi) is 5.40. The lowest BCUT2D eigenvalue weighted by Crippen LogP contribution is -2.28. The highest BCUT2D eigenvalue weighted by molar-refractivity contribution is 5.91. The third kappa shape index (κ3) is 4.42. The van der Waals surface area contributed by atoms with Crippen LogP contribution in [0.5, 0.6) is 17.2 Å². The Morgan fingerprint density at radius 2 is 1.88 bits per heavy atom. The number of ether oxygens (including phenoxy) is 3. The summed E-state index contributed by atoms with van der Waals surface area (Å²) in [5.41, 5.74) is 0.953. The van der Waals surface area contributed by atoms with Crippen LogP contribution in [-0.4, -0.2) is 35.5 Å². The molecular weight excluding hydrogens is 324 g/mol. The van der Waals surface area contributed by atoms with Crippen molar-refractivity contribution in [1.29, 1.82) is 0 Å². The highest BCUT2D eigenvalue weighted by Gasteiger charge is 2.21. The maximum absolute atomic E-state index is 12.2. The monoisotopic (exact) mass is 344 g/mol. The molecule has 0 aliphatic carbocycles. The van der Waals surface area contributed by atoms with E-state index in [1.165, 1.54) is 12.1 Å². The van der Waals surface area contributed by atoms with E-state index in [0.717, 1.165) is 18.4 Å². The lowest BCUT2D eigenvalue weighted by molar-refractivity contribution is -0.0306. The van der Waals surface area contributed by atoms with Gasteiger partial charge in [-0.2, -0.15) is 0 Å². The van der Waals surface area contributed by atoms with Crippen molar-refractivity contribution in [2.75, 3.05) is 13.2 Å². The zero-order valence-corrected chi connectivity index (χ0v) is 13.7. The molecule has 6 nitrogen and oxygen atoms in total. The third-order valence-electron chi connectivity index (χ3n) is 3.90. The predicted molar refractivity (Wildman–Crippen MR) is 89.8 cm³/mol. The average Bonchev–Trinajstić information content (AvgIpc) is 2.62. The van der Waals surface area contributed by atoms with E-state index in [2.05, 4.69) is 0 Å². The van der Waals surface area contributed by atoms with Gasteiger partial charge in [0.1, 0.15) is 12.7 Å². The molecule has 2 aromatic rings. The van der Waals surface area contributed by atoms with Gasteiger partial charge >= 0.3 is 5.97 Å². The molecule has 1 aliphatic rings. The second-order valence-electron chi connectivity index (χ2n) is 5.86. The normalized spacial score (nSPS) is 17.0. The molecule has 1 unspecified atom stereocenters. The van der Waals surface area contributed by atoms with Gasteiger partial charge in [0.05, 0.1) is 12.2 Å². The molecule has 1 saturated heterocycles. The fourth-order valence-electron chi connectivity index (χ4n) is 2.62. The molecule has 2 N–H and O–H groups in total. The van der Waals surface area contributed by atoms with Crippen molar-refractivity contribution in [3.63, 3.8) is 0 Å². The summed E-state index contributed by atoms with van der Waals surface area (Å²) in [6, 6.07) is 11.8. The molecule has 1 atom stereocenters. The molecule has 1 aliphatic heterocycles. The third-order valence-corrected chi connectivity index (χ3v) is 3.90. The van der Waals surface area contributed by atoms with Crippen LogP contribution in [0.1, 0.15) is 28.8 Å². The number of carbonyl (C=O) groups is 1. The first-order chi connectivity index (χ1) is 12.1. The maximum Gasteiger partial charge on any atom is 0.338 e. The zero-order valence-electron chi connectivity index (χ0n) is 13.7. The number of benzene rings is 2. The predicted octanol–water partition coefficient (Wildman–Crippen LogP) is 3.01. The summed E-state index contributed by atoms with van der Waals surface area (Å²) in [5, 5.41) is 20.2. The van der Waals surface area contributed by atoms with E-state index in [-0.39, 0.29) is 35.5 Å². The van der Waals surface area contributed by atoms with Crippen molar-refractivity contribution < 1.29 is 29.2 Å². The number of aromatic hydroxyl groups is 2. The molecule has 3 rings (SSSR count). The Morgan fingerprint density at radius 3 is 2.52 bits per heavy atom. The second kappa shape index (κ2) is 7.90. The Balaban J connectivity index is 1.67. The number of carbonyl (C=O) groups excluding carboxylic acids is 1. The zero-order chi connectivity index (χ0) is 17.6. The Morgan fingerprint density at radius 1 is 1.16 bits per heavy atom. The van der Waals surface area contributed by atoms with Gasteiger partial charge in [0.2, 0.25) is 5.75 Å². The molecule has 0 saturated carbocycles. The molecule has 1 fully saturated rings. The van der Waals surface area contributed by atoms with Crippen molar-refractivity contribution in [1.82, 2.24) is 0 Å². The summed E-state index contributed by atoms with van der Waals surface area (Å²) in [4.78, 5) is 12.2. The molecule has 0 aromatic heterocycles. The van der Waals surface area contributed by atoms with Gasteiger partial charge in [-0.1, -0.05) is 30.3 Å². The van der Waals surface area contributed by atoms with Crippen LogP contribution in [0.2, 0.25) is 0 Å². The molecule has 1 heterocycles. The fraction of sp³-hybridized carbons (Fsp3) is 0.316. The van der Waals surface area contributed by atoms with E-state index in [4.69, 9.17) is 14.2 Å². The van der Waals surface area contributed by atoms with E-state index >= 15 is 0 Å². The minimum Gasteiger partial charge on any atom is -0.504 e. The number of phenolic OH excluding ortho intramolecular Hbond substituents is 2. The minimum absolute atomic E-state index is 0.0626. The van der Waals surface area contributed by atoms with Crippen molar-refractivity contribution in [2.24, 2.45) is 0 Å². The summed E-state index contributed by atoms with van der Waals surface area (Å²) < 4.78 is 16.1. The van der Waals surface area contributed by atoms with Crippen molar-refractivity contribution in [3.05, 3.63) is 53.6 Å². The van der Waals surface area contributed by atoms with Crippen LogP contribution in [0.25, 0.3) is 0 Å². The number of esters is 1. The van der Waals surface area contributed by atoms with E-state index in [1.54, 1.807) is 0 Å². The smallest absolute Gasteiger partial charge is 0.338 e. The summed E-state index contributed by atoms with van der Waals surface area (Å²) in [6.45, 7) is 1.22. The van der Waals surface area contributed by atoms with Crippen molar-refractivity contribution in [2.45, 2.75) is 25.6 Å². The standard InChI is InChI=1S/C19H20O6/c20-16-9-14(19(22)25-15-7-4-8-23-12-15)10-17(21)18(16)24-11-13-5-2-1-3-6-13/h1-3,5-6,9-10,15,20-21H,4,7-8,11-12H2. The first kappa shape index (κ1) is 17.1. The summed E-state index contributed by atoms with van der Waals surface area (Å²) in [5.74, 6) is -1.32. The van der Waals surface area contributed by atoms with Gasteiger partial charge in [0, 0.05) is 6.61 Å². The Hall–Kier alpha value is -2.73. The number of phenols is 2. The summed E-state index contributed by atoms with van der Waals surface area (Å²) in [6.07, 6.45) is 1.27. The quantitative estimate of drug-likeness (QED) is 0.811. The van der Waals surface area contributed by atoms with Gasteiger partial charge in [-0.25, -0.2) is 4.79 Å². The minimum atomic E-state index is -0.615. The van der Waals surface area contributed by atoms with Crippen molar-refractivity contribution >= 4 is 5.97 Å². The van der Waals surface area contributed by atoms with E-state index in [9.17, 15) is 15.0 Å². The maximum atomic E-state index is 12.2. The molecule has 0 amide bonds. The van der Waals surface area contributed by atoms with Gasteiger partial charge in [-0.15, -0.1) is 0 Å². The largest absolute Gasteiger partial charge is 0.504 e. The highest BCUT2D eigenvalue weighted by atomic mass is 16.6. The number of hydrogen-bond acceptors (Lipinski definition) is 6. The first-order valence-corrected chi connectivity index (χ1v) is 8.15. The number of rotatable bonds is 5. The first-order valence-electron chi connectivity index (χ1n) is 8.15. The van der Waals surface area contributed by atoms with Gasteiger partial charge in [0.25, 0.3) is 0 Å². The molecule has 2 aromatic carbocycles. The Labute approximate surface area is 145 Å². The van der Waals surface area contributed by atoms with Gasteiger partial charge in [0.15, 0.2) is 11.5 Å². The van der Waals surface area contributed by atoms with E-state index in [0.29, 0.717) is 13.2 Å². The van der Waals surface area contributed by atoms with Crippen LogP contribution in [0, 0.1) is 0 Å². The Bertz CT molecular complexity index is 699. The summed E-state index contributed by atoms with van der Waals surface area (Å²) >= 11 is 0. The second-order valence-corrected chi connectivity index (χ2v) is 5.86. The van der Waals surface area contributed by atoms with Gasteiger partial charge in [-0.05, 0) is 30.5 Å². The van der Waals surface area contributed by atoms with Gasteiger partial charge in [-0.3, -0.25) is 0 Å². The SMILES string of the molecule is O=C(OC1CCCOC1)c1cc(O)c(OCc2ccccc2)c(O)c1. The molecule has 25 heavy (non-hydrogen) atoms. The van der Waals surface area contributed by atoms with Crippen LogP contribution in [0.4, 0.5) is 0 Å².